The minimum absolute atomic E-state index is 0.303. The molecule has 4 rings (SSSR count). The quantitative estimate of drug-likeness (QED) is 0.435. The van der Waals surface area contributed by atoms with Crippen LogP contribution in [-0.2, 0) is 11.3 Å². The van der Waals surface area contributed by atoms with Gasteiger partial charge < -0.3 is 0 Å². The second-order valence-electron chi connectivity index (χ2n) is 7.08. The highest BCUT2D eigenvalue weighted by Crippen LogP contribution is 2.22. The molecule has 10 heteroatoms. The van der Waals surface area contributed by atoms with Crippen molar-refractivity contribution >= 4 is 53.1 Å². The normalized spacial score (nSPS) is 18.7. The molecule has 1 atom stereocenters. The van der Waals surface area contributed by atoms with E-state index in [1.165, 1.54) is 11.9 Å². The molecule has 8 nitrogen and oxygen atoms in total. The van der Waals surface area contributed by atoms with E-state index in [2.05, 4.69) is 15.5 Å². The maximum absolute atomic E-state index is 13.0. The van der Waals surface area contributed by atoms with E-state index in [0.717, 1.165) is 16.0 Å². The molecule has 0 saturated carbocycles. The molecule has 158 valence electrons. The standard InChI is InChI=1S/C21H18Cl2N6O2/c1-27-18-17(19(30)28(2)21(27)31)29(12-14-5-3-4-6-16(14)23)20(25-18)26-24-11-13-7-9-15(22)10-8-13/h3-11,17H,12H2,1-2H3/p+1/b24-11+. The number of carbonyl (C=O) groups is 2. The molecule has 0 radical (unpaired) electrons. The van der Waals surface area contributed by atoms with E-state index in [4.69, 9.17) is 23.2 Å². The van der Waals surface area contributed by atoms with Crippen molar-refractivity contribution in [3.63, 3.8) is 0 Å². The van der Waals surface area contributed by atoms with E-state index < -0.39 is 12.1 Å². The van der Waals surface area contributed by atoms with Gasteiger partial charge in [-0.15, -0.1) is 5.10 Å². The summed E-state index contributed by atoms with van der Waals surface area (Å²) in [6.45, 7) is 0.303. The lowest BCUT2D eigenvalue weighted by molar-refractivity contribution is -0.553. The summed E-state index contributed by atoms with van der Waals surface area (Å²) in [6, 6.07) is 13.3. The molecule has 0 bridgehead atoms. The van der Waals surface area contributed by atoms with Crippen LogP contribution in [0.3, 0.4) is 0 Å². The number of hydrazone groups is 1. The van der Waals surface area contributed by atoms with Crippen LogP contribution in [0.25, 0.3) is 0 Å². The predicted molar refractivity (Wildman–Crippen MR) is 120 cm³/mol. The Labute approximate surface area is 189 Å². The molecule has 0 aromatic heterocycles. The third-order valence-corrected chi connectivity index (χ3v) is 5.70. The number of urea groups is 1. The number of hydrogen-bond acceptors (Lipinski definition) is 5. The predicted octanol–water partition coefficient (Wildman–Crippen LogP) is 2.79. The number of carbonyl (C=O) groups excluding carboxylic acids is 2. The zero-order chi connectivity index (χ0) is 22.1. The maximum Gasteiger partial charge on any atom is 0.414 e. The Hall–Kier alpha value is -3.23. The molecule has 3 amide bonds. The Morgan fingerprint density at radius 3 is 2.52 bits per heavy atom. The van der Waals surface area contributed by atoms with Crippen molar-refractivity contribution < 1.29 is 14.2 Å². The number of nitrogens with zero attached hydrogens (tertiary/aromatic N) is 5. The fraction of sp³-hybridized carbons (Fsp3) is 0.190. The number of amidine groups is 1. The van der Waals surface area contributed by atoms with Gasteiger partial charge in [0.05, 0.1) is 12.8 Å². The van der Waals surface area contributed by atoms with Crippen LogP contribution in [0.4, 0.5) is 4.79 Å². The van der Waals surface area contributed by atoms with E-state index in [1.54, 1.807) is 36.0 Å². The number of nitrogens with one attached hydrogen (secondary N) is 1. The molecule has 2 aliphatic rings. The van der Waals surface area contributed by atoms with Gasteiger partial charge in [-0.05, 0) is 23.8 Å². The highest BCUT2D eigenvalue weighted by molar-refractivity contribution is 6.31. The molecular weight excluding hydrogens is 439 g/mol. The van der Waals surface area contributed by atoms with Crippen LogP contribution in [-0.4, -0.2) is 64.5 Å². The SMILES string of the molecule is CN1C(=O)C2C(=NC(N/N=C/c3ccc(Cl)cc3)=[N+]2Cc2ccccc2Cl)N(C)C1=O. The molecular formula is C21H19Cl2N6O2+. The maximum atomic E-state index is 13.0. The first-order chi connectivity index (χ1) is 14.9. The molecule has 2 aromatic carbocycles. The van der Waals surface area contributed by atoms with Crippen LogP contribution in [0.2, 0.25) is 10.0 Å². The Morgan fingerprint density at radius 2 is 1.81 bits per heavy atom. The van der Waals surface area contributed by atoms with Gasteiger partial charge in [-0.2, -0.15) is 5.43 Å². The van der Waals surface area contributed by atoms with Gasteiger partial charge in [-0.1, -0.05) is 58.5 Å². The minimum Gasteiger partial charge on any atom is -0.270 e. The van der Waals surface area contributed by atoms with Crippen molar-refractivity contribution in [2.75, 3.05) is 14.1 Å². The van der Waals surface area contributed by atoms with Gasteiger partial charge in [0.25, 0.3) is 5.91 Å². The summed E-state index contributed by atoms with van der Waals surface area (Å²) in [7, 11) is 3.04. The highest BCUT2D eigenvalue weighted by Gasteiger charge is 2.51. The summed E-state index contributed by atoms with van der Waals surface area (Å²) >= 11 is 12.3. The van der Waals surface area contributed by atoms with E-state index in [-0.39, 0.29) is 5.91 Å². The van der Waals surface area contributed by atoms with Crippen LogP contribution in [0.5, 0.6) is 0 Å². The highest BCUT2D eigenvalue weighted by atomic mass is 35.5. The molecule has 1 fully saturated rings. The van der Waals surface area contributed by atoms with Crippen LogP contribution >= 0.6 is 23.2 Å². The number of fused-ring (bicyclic) bond motifs is 1. The van der Waals surface area contributed by atoms with Crippen molar-refractivity contribution in [2.24, 2.45) is 10.1 Å². The van der Waals surface area contributed by atoms with Crippen molar-refractivity contribution in [1.82, 2.24) is 15.2 Å². The number of benzene rings is 2. The van der Waals surface area contributed by atoms with Crippen LogP contribution in [0.15, 0.2) is 58.6 Å². The number of guanidine groups is 1. The second kappa shape index (κ2) is 8.49. The average molecular weight is 458 g/mol. The molecule has 1 N–H and O–H groups in total. The van der Waals surface area contributed by atoms with Gasteiger partial charge in [-0.3, -0.25) is 14.6 Å². The van der Waals surface area contributed by atoms with Crippen molar-refractivity contribution in [2.45, 2.75) is 12.6 Å². The van der Waals surface area contributed by atoms with Gasteiger partial charge in [0, 0.05) is 29.7 Å². The largest absolute Gasteiger partial charge is 0.414 e. The number of aliphatic imine (C=N–C) groups is 1. The molecule has 2 aliphatic heterocycles. The summed E-state index contributed by atoms with van der Waals surface area (Å²) in [5.41, 5.74) is 4.55. The minimum atomic E-state index is -0.766. The third-order valence-electron chi connectivity index (χ3n) is 5.08. The fourth-order valence-electron chi connectivity index (χ4n) is 3.38. The van der Waals surface area contributed by atoms with Crippen molar-refractivity contribution in [3.05, 3.63) is 69.7 Å². The lowest BCUT2D eigenvalue weighted by Crippen LogP contribution is -2.61. The van der Waals surface area contributed by atoms with Gasteiger partial charge in [0.1, 0.15) is 0 Å². The number of amides is 3. The van der Waals surface area contributed by atoms with Gasteiger partial charge in [0.15, 0.2) is 0 Å². The lowest BCUT2D eigenvalue weighted by Gasteiger charge is -2.31. The Morgan fingerprint density at radius 1 is 1.10 bits per heavy atom. The van der Waals surface area contributed by atoms with Gasteiger partial charge in [0.2, 0.25) is 11.9 Å². The van der Waals surface area contributed by atoms with Gasteiger partial charge in [-0.25, -0.2) is 9.37 Å². The first-order valence-corrected chi connectivity index (χ1v) is 10.2. The van der Waals surface area contributed by atoms with Crippen LogP contribution in [0.1, 0.15) is 11.1 Å². The second-order valence-corrected chi connectivity index (χ2v) is 7.92. The van der Waals surface area contributed by atoms with Gasteiger partial charge >= 0.3 is 12.0 Å². The van der Waals surface area contributed by atoms with Crippen molar-refractivity contribution in [1.29, 1.82) is 0 Å². The summed E-state index contributed by atoms with van der Waals surface area (Å²) in [5, 5.41) is 5.45. The van der Waals surface area contributed by atoms with E-state index in [9.17, 15) is 9.59 Å². The summed E-state index contributed by atoms with van der Waals surface area (Å²) in [4.78, 5) is 32.3. The molecule has 0 spiro atoms. The number of rotatable bonds is 4. The smallest absolute Gasteiger partial charge is 0.270 e. The topological polar surface area (TPSA) is 80.4 Å². The molecule has 2 aromatic rings. The van der Waals surface area contributed by atoms with Crippen LogP contribution < -0.4 is 5.43 Å². The van der Waals surface area contributed by atoms with E-state index in [1.807, 2.05) is 30.3 Å². The number of hydrogen-bond donors (Lipinski definition) is 1. The molecule has 1 saturated heterocycles. The molecule has 0 aliphatic carbocycles. The first kappa shape index (κ1) is 21.0. The lowest BCUT2D eigenvalue weighted by atomic mass is 10.1. The Kier molecular flexibility index (Phi) is 5.75. The third kappa shape index (κ3) is 4.04. The zero-order valence-corrected chi connectivity index (χ0v) is 18.3. The zero-order valence-electron chi connectivity index (χ0n) is 16.8. The van der Waals surface area contributed by atoms with E-state index >= 15 is 0 Å². The monoisotopic (exact) mass is 457 g/mol. The molecule has 1 unspecified atom stereocenters. The number of imide groups is 1. The summed E-state index contributed by atoms with van der Waals surface area (Å²) in [5.74, 6) is 0.310. The summed E-state index contributed by atoms with van der Waals surface area (Å²) < 4.78 is 1.75. The number of likely N-dealkylation sites (N-methyl/N-ethyl adjacent to an activating group) is 2. The fourth-order valence-corrected chi connectivity index (χ4v) is 3.70. The Balaban J connectivity index is 1.69. The first-order valence-electron chi connectivity index (χ1n) is 9.42. The number of halogens is 2. The molecule has 31 heavy (non-hydrogen) atoms. The van der Waals surface area contributed by atoms with Crippen molar-refractivity contribution in [3.8, 4) is 0 Å². The molecule has 2 heterocycles. The Bertz CT molecular complexity index is 1140. The summed E-state index contributed by atoms with van der Waals surface area (Å²) in [6.07, 6.45) is 1.61. The van der Waals surface area contributed by atoms with Crippen LogP contribution in [0, 0.1) is 0 Å². The average Bonchev–Trinajstić information content (AvgIpc) is 3.12. The van der Waals surface area contributed by atoms with E-state index in [0.29, 0.717) is 28.4 Å².